The number of rotatable bonds is 5. The molecule has 0 aromatic heterocycles. The summed E-state index contributed by atoms with van der Waals surface area (Å²) in [5.41, 5.74) is 1.25. The Morgan fingerprint density at radius 3 is 2.46 bits per heavy atom. The van der Waals surface area contributed by atoms with Crippen molar-refractivity contribution < 1.29 is 0 Å². The lowest BCUT2D eigenvalue weighted by molar-refractivity contribution is 0.275. The summed E-state index contributed by atoms with van der Waals surface area (Å²) in [6.07, 6.45) is 6.24. The third-order valence-corrected chi connectivity index (χ3v) is 2.11. The van der Waals surface area contributed by atoms with E-state index < -0.39 is 0 Å². The van der Waals surface area contributed by atoms with Gasteiger partial charge in [-0.25, -0.2) is 0 Å². The van der Waals surface area contributed by atoms with Gasteiger partial charge in [-0.3, -0.25) is 5.01 Å². The van der Waals surface area contributed by atoms with E-state index in [4.69, 9.17) is 0 Å². The zero-order valence-corrected chi connectivity index (χ0v) is 9.54. The summed E-state index contributed by atoms with van der Waals surface area (Å²) >= 11 is 0. The largest absolute Gasteiger partial charge is 0.268 e. The van der Waals surface area contributed by atoms with Gasteiger partial charge in [-0.2, -0.15) is 5.10 Å². The molecule has 0 rings (SSSR count). The van der Waals surface area contributed by atoms with E-state index in [1.165, 1.54) is 5.70 Å². The lowest BCUT2D eigenvalue weighted by Gasteiger charge is -2.25. The van der Waals surface area contributed by atoms with Crippen LogP contribution in [-0.2, 0) is 0 Å². The highest BCUT2D eigenvalue weighted by atomic mass is 15.5. The van der Waals surface area contributed by atoms with Crippen LogP contribution in [0.5, 0.6) is 0 Å². The van der Waals surface area contributed by atoms with Crippen LogP contribution in [0.3, 0.4) is 0 Å². The summed E-state index contributed by atoms with van der Waals surface area (Å²) in [6, 6.07) is 0.485. The molecule has 0 spiro atoms. The quantitative estimate of drug-likeness (QED) is 0.470. The second-order valence-corrected chi connectivity index (χ2v) is 3.23. The van der Waals surface area contributed by atoms with E-state index in [1.54, 1.807) is 0 Å². The average Bonchev–Trinajstić information content (AvgIpc) is 2.13. The van der Waals surface area contributed by atoms with Crippen LogP contribution in [0.4, 0.5) is 0 Å². The van der Waals surface area contributed by atoms with Crippen LogP contribution in [0.25, 0.3) is 0 Å². The van der Waals surface area contributed by atoms with Crippen molar-refractivity contribution in [1.82, 2.24) is 5.01 Å². The Morgan fingerprint density at radius 2 is 2.08 bits per heavy atom. The highest BCUT2D eigenvalue weighted by molar-refractivity contribution is 5.52. The molecule has 76 valence electrons. The molecule has 0 N–H and O–H groups in total. The van der Waals surface area contributed by atoms with E-state index in [0.29, 0.717) is 6.04 Å². The SMILES string of the molecule is C/C=N\N(/C(C)=C/CC)C(C)CC. The number of hydrogen-bond donors (Lipinski definition) is 0. The fourth-order valence-electron chi connectivity index (χ4n) is 1.24. The molecule has 13 heavy (non-hydrogen) atoms. The third kappa shape index (κ3) is 4.11. The van der Waals surface area contributed by atoms with Crippen molar-refractivity contribution in [2.75, 3.05) is 0 Å². The van der Waals surface area contributed by atoms with Gasteiger partial charge in [0.15, 0.2) is 0 Å². The van der Waals surface area contributed by atoms with Gasteiger partial charge in [-0.05, 0) is 33.6 Å². The molecule has 1 unspecified atom stereocenters. The van der Waals surface area contributed by atoms with Gasteiger partial charge in [0, 0.05) is 18.0 Å². The summed E-state index contributed by atoms with van der Waals surface area (Å²) in [6.45, 7) is 10.6. The van der Waals surface area contributed by atoms with Crippen molar-refractivity contribution in [2.24, 2.45) is 5.10 Å². The predicted octanol–water partition coefficient (Wildman–Crippen LogP) is 3.41. The molecule has 0 aromatic rings. The Kier molecular flexibility index (Phi) is 6.29. The monoisotopic (exact) mass is 182 g/mol. The van der Waals surface area contributed by atoms with Crippen LogP contribution in [0.2, 0.25) is 0 Å². The van der Waals surface area contributed by atoms with Gasteiger partial charge in [0.25, 0.3) is 0 Å². The Balaban J connectivity index is 4.49. The summed E-state index contributed by atoms with van der Waals surface area (Å²) < 4.78 is 0. The molecule has 0 aliphatic rings. The van der Waals surface area contributed by atoms with Crippen molar-refractivity contribution >= 4 is 6.21 Å². The number of nitrogens with zero attached hydrogens (tertiary/aromatic N) is 2. The Hall–Kier alpha value is -0.790. The molecule has 2 heteroatoms. The number of hydrogen-bond acceptors (Lipinski definition) is 2. The van der Waals surface area contributed by atoms with Crippen LogP contribution in [0, 0.1) is 0 Å². The molecule has 0 radical (unpaired) electrons. The van der Waals surface area contributed by atoms with Crippen molar-refractivity contribution in [3.05, 3.63) is 11.8 Å². The lowest BCUT2D eigenvalue weighted by Crippen LogP contribution is -2.25. The second kappa shape index (κ2) is 6.70. The van der Waals surface area contributed by atoms with E-state index in [0.717, 1.165) is 12.8 Å². The molecule has 0 bridgehead atoms. The second-order valence-electron chi connectivity index (χ2n) is 3.23. The summed E-state index contributed by atoms with van der Waals surface area (Å²) in [7, 11) is 0. The molecule has 0 fully saturated rings. The summed E-state index contributed by atoms with van der Waals surface area (Å²) in [5, 5.41) is 6.44. The van der Waals surface area contributed by atoms with Crippen molar-refractivity contribution in [3.63, 3.8) is 0 Å². The smallest absolute Gasteiger partial charge is 0.0491 e. The molecule has 0 amide bonds. The van der Waals surface area contributed by atoms with Gasteiger partial charge in [-0.15, -0.1) is 0 Å². The first kappa shape index (κ1) is 12.2. The molecule has 0 saturated heterocycles. The highest BCUT2D eigenvalue weighted by Gasteiger charge is 2.09. The van der Waals surface area contributed by atoms with Crippen molar-refractivity contribution in [1.29, 1.82) is 0 Å². The zero-order chi connectivity index (χ0) is 10.3. The Morgan fingerprint density at radius 1 is 1.46 bits per heavy atom. The Labute approximate surface area is 82.3 Å². The maximum atomic E-state index is 4.35. The van der Waals surface area contributed by atoms with Crippen LogP contribution < -0.4 is 0 Å². The van der Waals surface area contributed by atoms with Crippen LogP contribution in [-0.4, -0.2) is 17.3 Å². The normalized spacial score (nSPS) is 15.0. The van der Waals surface area contributed by atoms with Gasteiger partial charge in [0.1, 0.15) is 0 Å². The topological polar surface area (TPSA) is 15.6 Å². The molecular formula is C11H22N2. The van der Waals surface area contributed by atoms with Gasteiger partial charge < -0.3 is 0 Å². The summed E-state index contributed by atoms with van der Waals surface area (Å²) in [4.78, 5) is 0. The van der Waals surface area contributed by atoms with Crippen LogP contribution in [0.1, 0.15) is 47.5 Å². The van der Waals surface area contributed by atoms with Crippen LogP contribution >= 0.6 is 0 Å². The highest BCUT2D eigenvalue weighted by Crippen LogP contribution is 2.12. The molecule has 2 nitrogen and oxygen atoms in total. The minimum Gasteiger partial charge on any atom is -0.268 e. The van der Waals surface area contributed by atoms with E-state index >= 15 is 0 Å². The Bertz CT molecular complexity index is 183. The van der Waals surface area contributed by atoms with E-state index in [1.807, 2.05) is 13.1 Å². The first-order chi connectivity index (χ1) is 6.17. The van der Waals surface area contributed by atoms with Gasteiger partial charge in [-0.1, -0.05) is 19.9 Å². The predicted molar refractivity (Wildman–Crippen MR) is 59.8 cm³/mol. The van der Waals surface area contributed by atoms with Gasteiger partial charge in [0.05, 0.1) is 0 Å². The molecule has 0 aromatic carbocycles. The van der Waals surface area contributed by atoms with E-state index in [2.05, 4.69) is 43.9 Å². The van der Waals surface area contributed by atoms with Crippen LogP contribution in [0.15, 0.2) is 16.9 Å². The fourth-order valence-corrected chi connectivity index (χ4v) is 1.24. The molecule has 0 saturated carbocycles. The maximum Gasteiger partial charge on any atom is 0.0491 e. The molecule has 0 heterocycles. The summed E-state index contributed by atoms with van der Waals surface area (Å²) in [5.74, 6) is 0. The van der Waals surface area contributed by atoms with E-state index in [-0.39, 0.29) is 0 Å². The van der Waals surface area contributed by atoms with E-state index in [9.17, 15) is 0 Å². The third-order valence-electron chi connectivity index (χ3n) is 2.11. The molecule has 0 aliphatic heterocycles. The fraction of sp³-hybridized carbons (Fsp3) is 0.727. The zero-order valence-electron chi connectivity index (χ0n) is 9.54. The van der Waals surface area contributed by atoms with Gasteiger partial charge in [0.2, 0.25) is 0 Å². The van der Waals surface area contributed by atoms with Crippen molar-refractivity contribution in [2.45, 2.75) is 53.5 Å². The molecule has 0 aliphatic carbocycles. The first-order valence-electron chi connectivity index (χ1n) is 5.11. The number of hydrazone groups is 1. The minimum atomic E-state index is 0.485. The molecule has 1 atom stereocenters. The molecular weight excluding hydrogens is 160 g/mol. The minimum absolute atomic E-state index is 0.485. The van der Waals surface area contributed by atoms with Gasteiger partial charge >= 0.3 is 0 Å². The first-order valence-corrected chi connectivity index (χ1v) is 5.11. The maximum absolute atomic E-state index is 4.35. The lowest BCUT2D eigenvalue weighted by atomic mass is 10.2. The van der Waals surface area contributed by atoms with Crippen molar-refractivity contribution in [3.8, 4) is 0 Å². The standard InChI is InChI=1S/C11H22N2/c1-6-9-11(5)13(12-8-3)10(4)7-2/h8-10H,6-7H2,1-5H3/b11-9+,12-8-. The number of allylic oxidation sites excluding steroid dienone is 2. The average molecular weight is 182 g/mol.